The van der Waals surface area contributed by atoms with Crippen LogP contribution in [0.25, 0.3) is 0 Å². The first-order chi connectivity index (χ1) is 6.66. The third-order valence-electron chi connectivity index (χ3n) is 2.59. The molecule has 0 spiro atoms. The molecule has 0 aliphatic heterocycles. The average molecular weight is 257 g/mol. The first-order valence-electron chi connectivity index (χ1n) is 4.83. The molecule has 1 atom stereocenters. The number of halogens is 1. The topological polar surface area (TPSA) is 40.5 Å². The SMILES string of the molecule is Oc1ccc(Br)c(C(O)CC2CC2)c1. The number of aliphatic hydroxyl groups is 1. The quantitative estimate of drug-likeness (QED) is 0.873. The number of benzene rings is 1. The summed E-state index contributed by atoms with van der Waals surface area (Å²) in [5, 5.41) is 19.2. The molecule has 1 aliphatic rings. The van der Waals surface area contributed by atoms with Gasteiger partial charge in [0.25, 0.3) is 0 Å². The maximum atomic E-state index is 9.90. The van der Waals surface area contributed by atoms with Crippen LogP contribution in [-0.4, -0.2) is 10.2 Å². The van der Waals surface area contributed by atoms with Crippen LogP contribution in [-0.2, 0) is 0 Å². The Bertz CT molecular complexity index is 334. The predicted molar refractivity (Wildman–Crippen MR) is 58.1 cm³/mol. The summed E-state index contributed by atoms with van der Waals surface area (Å²) in [7, 11) is 0. The second-order valence-electron chi connectivity index (χ2n) is 3.90. The van der Waals surface area contributed by atoms with Crippen molar-refractivity contribution in [2.45, 2.75) is 25.4 Å². The van der Waals surface area contributed by atoms with Gasteiger partial charge in [-0.15, -0.1) is 0 Å². The minimum Gasteiger partial charge on any atom is -0.508 e. The highest BCUT2D eigenvalue weighted by Gasteiger charge is 2.26. The molecule has 0 bridgehead atoms. The fourth-order valence-corrected chi connectivity index (χ4v) is 2.09. The van der Waals surface area contributed by atoms with Crippen LogP contribution in [0.1, 0.15) is 30.9 Å². The maximum Gasteiger partial charge on any atom is 0.116 e. The van der Waals surface area contributed by atoms with E-state index in [1.807, 2.05) is 0 Å². The molecule has 1 unspecified atom stereocenters. The fourth-order valence-electron chi connectivity index (χ4n) is 1.58. The van der Waals surface area contributed by atoms with Crippen LogP contribution < -0.4 is 0 Å². The molecule has 0 radical (unpaired) electrons. The molecule has 2 nitrogen and oxygen atoms in total. The summed E-state index contributed by atoms with van der Waals surface area (Å²) < 4.78 is 0.864. The normalized spacial score (nSPS) is 18.1. The van der Waals surface area contributed by atoms with Gasteiger partial charge >= 0.3 is 0 Å². The van der Waals surface area contributed by atoms with E-state index in [9.17, 15) is 10.2 Å². The van der Waals surface area contributed by atoms with Crippen molar-refractivity contribution < 1.29 is 10.2 Å². The number of hydrogen-bond acceptors (Lipinski definition) is 2. The number of aliphatic hydroxyl groups excluding tert-OH is 1. The van der Waals surface area contributed by atoms with E-state index in [0.29, 0.717) is 5.92 Å². The highest BCUT2D eigenvalue weighted by Crippen LogP contribution is 2.39. The average Bonchev–Trinajstić information content (AvgIpc) is 2.93. The summed E-state index contributed by atoms with van der Waals surface area (Å²) in [6, 6.07) is 5.00. The Morgan fingerprint density at radius 3 is 2.79 bits per heavy atom. The van der Waals surface area contributed by atoms with Gasteiger partial charge < -0.3 is 10.2 Å². The highest BCUT2D eigenvalue weighted by molar-refractivity contribution is 9.10. The Hall–Kier alpha value is -0.540. The predicted octanol–water partition coefficient (Wildman–Crippen LogP) is 2.99. The van der Waals surface area contributed by atoms with Crippen molar-refractivity contribution in [3.63, 3.8) is 0 Å². The standard InChI is InChI=1S/C11H13BrO2/c12-10-4-3-8(13)6-9(10)11(14)5-7-1-2-7/h3-4,6-7,11,13-14H,1-2,5H2. The first-order valence-corrected chi connectivity index (χ1v) is 5.62. The van der Waals surface area contributed by atoms with Crippen molar-refractivity contribution in [2.24, 2.45) is 5.92 Å². The molecule has 1 aromatic carbocycles. The molecule has 2 N–H and O–H groups in total. The van der Waals surface area contributed by atoms with E-state index >= 15 is 0 Å². The number of phenolic OH excluding ortho intramolecular Hbond substituents is 1. The van der Waals surface area contributed by atoms with E-state index in [0.717, 1.165) is 16.5 Å². The van der Waals surface area contributed by atoms with Crippen LogP contribution >= 0.6 is 15.9 Å². The number of aromatic hydroxyl groups is 1. The monoisotopic (exact) mass is 256 g/mol. The lowest BCUT2D eigenvalue weighted by atomic mass is 10.0. The van der Waals surface area contributed by atoms with Gasteiger partial charge in [0.1, 0.15) is 5.75 Å². The van der Waals surface area contributed by atoms with Crippen molar-refractivity contribution in [1.29, 1.82) is 0 Å². The number of rotatable bonds is 3. The Morgan fingerprint density at radius 1 is 1.43 bits per heavy atom. The summed E-state index contributed by atoms with van der Waals surface area (Å²) in [6.07, 6.45) is 2.81. The van der Waals surface area contributed by atoms with E-state index in [-0.39, 0.29) is 5.75 Å². The lowest BCUT2D eigenvalue weighted by Gasteiger charge is -2.12. The van der Waals surface area contributed by atoms with Crippen LogP contribution in [0, 0.1) is 5.92 Å². The molecule has 1 aliphatic carbocycles. The van der Waals surface area contributed by atoms with Gasteiger partial charge in [0, 0.05) is 4.47 Å². The fraction of sp³-hybridized carbons (Fsp3) is 0.455. The zero-order valence-corrected chi connectivity index (χ0v) is 9.37. The third kappa shape index (κ3) is 2.28. The second-order valence-corrected chi connectivity index (χ2v) is 4.76. The molecule has 1 fully saturated rings. The Morgan fingerprint density at radius 2 is 2.14 bits per heavy atom. The van der Waals surface area contributed by atoms with Gasteiger partial charge in [0.2, 0.25) is 0 Å². The Kier molecular flexibility index (Phi) is 2.79. The largest absolute Gasteiger partial charge is 0.508 e. The molecule has 14 heavy (non-hydrogen) atoms. The Labute approximate surface area is 91.7 Å². The molecule has 76 valence electrons. The van der Waals surface area contributed by atoms with Crippen LogP contribution in [0.5, 0.6) is 5.75 Å². The lowest BCUT2D eigenvalue weighted by Crippen LogP contribution is -1.99. The first kappa shape index (κ1) is 9.99. The minimum absolute atomic E-state index is 0.207. The molecule has 1 aromatic rings. The zero-order chi connectivity index (χ0) is 10.1. The van der Waals surface area contributed by atoms with Gasteiger partial charge in [-0.25, -0.2) is 0 Å². The molecule has 1 saturated carbocycles. The van der Waals surface area contributed by atoms with Gasteiger partial charge in [-0.1, -0.05) is 28.8 Å². The van der Waals surface area contributed by atoms with Gasteiger partial charge in [-0.05, 0) is 36.1 Å². The van der Waals surface area contributed by atoms with Gasteiger partial charge in [-0.3, -0.25) is 0 Å². The van der Waals surface area contributed by atoms with Crippen LogP contribution in [0.3, 0.4) is 0 Å². The lowest BCUT2D eigenvalue weighted by molar-refractivity contribution is 0.159. The van der Waals surface area contributed by atoms with Crippen molar-refractivity contribution in [3.8, 4) is 5.75 Å². The van der Waals surface area contributed by atoms with Crippen LogP contribution in [0.4, 0.5) is 0 Å². The van der Waals surface area contributed by atoms with E-state index in [2.05, 4.69) is 15.9 Å². The summed E-state index contributed by atoms with van der Waals surface area (Å²) in [5.41, 5.74) is 0.789. The van der Waals surface area contributed by atoms with Crippen molar-refractivity contribution in [2.75, 3.05) is 0 Å². The molecule has 3 heteroatoms. The van der Waals surface area contributed by atoms with Crippen LogP contribution in [0.15, 0.2) is 22.7 Å². The highest BCUT2D eigenvalue weighted by atomic mass is 79.9. The molecule has 0 heterocycles. The van der Waals surface area contributed by atoms with Gasteiger partial charge in [0.05, 0.1) is 6.10 Å². The van der Waals surface area contributed by atoms with Crippen molar-refractivity contribution in [3.05, 3.63) is 28.2 Å². The Balaban J connectivity index is 2.15. The summed E-state index contributed by atoms with van der Waals surface area (Å²) in [6.45, 7) is 0. The van der Waals surface area contributed by atoms with E-state index in [4.69, 9.17) is 0 Å². The smallest absolute Gasteiger partial charge is 0.116 e. The maximum absolute atomic E-state index is 9.90. The summed E-state index contributed by atoms with van der Waals surface area (Å²) >= 11 is 3.37. The molecular weight excluding hydrogens is 244 g/mol. The molecule has 0 aromatic heterocycles. The number of hydrogen-bond donors (Lipinski definition) is 2. The minimum atomic E-state index is -0.455. The molecule has 0 saturated heterocycles. The van der Waals surface area contributed by atoms with Crippen molar-refractivity contribution in [1.82, 2.24) is 0 Å². The second kappa shape index (κ2) is 3.91. The van der Waals surface area contributed by atoms with Gasteiger partial charge in [0.15, 0.2) is 0 Å². The van der Waals surface area contributed by atoms with E-state index < -0.39 is 6.10 Å². The summed E-state index contributed by atoms with van der Waals surface area (Å²) in [5.74, 6) is 0.886. The van der Waals surface area contributed by atoms with Crippen LogP contribution in [0.2, 0.25) is 0 Å². The third-order valence-corrected chi connectivity index (χ3v) is 3.31. The summed E-state index contributed by atoms with van der Waals surface area (Å²) in [4.78, 5) is 0. The van der Waals surface area contributed by atoms with Gasteiger partial charge in [-0.2, -0.15) is 0 Å². The molecular formula is C11H13BrO2. The molecule has 2 rings (SSSR count). The van der Waals surface area contributed by atoms with E-state index in [1.54, 1.807) is 18.2 Å². The number of phenols is 1. The van der Waals surface area contributed by atoms with E-state index in [1.165, 1.54) is 12.8 Å². The molecule has 0 amide bonds. The zero-order valence-electron chi connectivity index (χ0n) is 7.78. The van der Waals surface area contributed by atoms with Crippen molar-refractivity contribution >= 4 is 15.9 Å².